The van der Waals surface area contributed by atoms with Gasteiger partial charge in [0.05, 0.1) is 0 Å². The molecule has 30 heavy (non-hydrogen) atoms. The Balaban J connectivity index is 1.47. The molecule has 6 nitrogen and oxygen atoms in total. The van der Waals surface area contributed by atoms with E-state index in [9.17, 15) is 9.59 Å². The number of amides is 2. The fourth-order valence-electron chi connectivity index (χ4n) is 2.63. The second-order valence-electron chi connectivity index (χ2n) is 6.57. The zero-order chi connectivity index (χ0) is 21.6. The zero-order valence-electron chi connectivity index (χ0n) is 16.6. The van der Waals surface area contributed by atoms with Crippen molar-refractivity contribution in [1.29, 1.82) is 0 Å². The third kappa shape index (κ3) is 9.11. The van der Waals surface area contributed by atoms with Crippen molar-refractivity contribution in [2.45, 2.75) is 25.7 Å². The van der Waals surface area contributed by atoms with Crippen LogP contribution in [0, 0.1) is 0 Å². The van der Waals surface area contributed by atoms with Gasteiger partial charge in [0.2, 0.25) is 0 Å². The number of carbonyl (C=O) groups excluding carboxylic acids is 2. The molecule has 2 aromatic carbocycles. The lowest BCUT2D eigenvalue weighted by Gasteiger charge is -2.10. The zero-order valence-corrected chi connectivity index (χ0v) is 18.3. The second kappa shape index (κ2) is 13.4. The molecule has 0 fully saturated rings. The molecule has 0 bridgehead atoms. The Hall–Kier alpha value is -2.84. The monoisotopic (exact) mass is 442 g/mol. The SMILES string of the molecule is O=C(NC(=S)NCCCCCCNC(=S)NC(=O)c1ccccc1)c1ccccc1. The molecule has 0 aliphatic rings. The Morgan fingerprint density at radius 1 is 0.600 bits per heavy atom. The van der Waals surface area contributed by atoms with Crippen molar-refractivity contribution in [2.24, 2.45) is 0 Å². The molecule has 0 saturated heterocycles. The van der Waals surface area contributed by atoms with Gasteiger partial charge in [0.15, 0.2) is 10.2 Å². The normalized spacial score (nSPS) is 10.0. The molecule has 0 heterocycles. The smallest absolute Gasteiger partial charge is 0.257 e. The van der Waals surface area contributed by atoms with Crippen LogP contribution in [0.15, 0.2) is 60.7 Å². The van der Waals surface area contributed by atoms with Gasteiger partial charge in [0, 0.05) is 24.2 Å². The molecular formula is C22H26N4O2S2. The maximum atomic E-state index is 12.0. The van der Waals surface area contributed by atoms with Crippen LogP contribution >= 0.6 is 24.4 Å². The largest absolute Gasteiger partial charge is 0.362 e. The summed E-state index contributed by atoms with van der Waals surface area (Å²) < 4.78 is 0. The molecule has 0 radical (unpaired) electrons. The van der Waals surface area contributed by atoms with Crippen LogP contribution in [0.4, 0.5) is 0 Å². The summed E-state index contributed by atoms with van der Waals surface area (Å²) in [6.45, 7) is 1.40. The van der Waals surface area contributed by atoms with Gasteiger partial charge >= 0.3 is 0 Å². The van der Waals surface area contributed by atoms with Crippen LogP contribution in [0.1, 0.15) is 46.4 Å². The molecule has 4 N–H and O–H groups in total. The molecule has 0 unspecified atom stereocenters. The van der Waals surface area contributed by atoms with E-state index in [4.69, 9.17) is 24.4 Å². The molecule has 0 saturated carbocycles. The molecule has 2 amide bonds. The number of rotatable bonds is 9. The van der Waals surface area contributed by atoms with E-state index in [0.717, 1.165) is 25.7 Å². The fourth-order valence-corrected chi connectivity index (χ4v) is 3.01. The lowest BCUT2D eigenvalue weighted by atomic mass is 10.2. The van der Waals surface area contributed by atoms with E-state index in [0.29, 0.717) is 34.4 Å². The quantitative estimate of drug-likeness (QED) is 0.353. The average Bonchev–Trinajstić information content (AvgIpc) is 2.76. The van der Waals surface area contributed by atoms with Crippen LogP contribution in [-0.4, -0.2) is 35.1 Å². The number of hydrogen-bond donors (Lipinski definition) is 4. The van der Waals surface area contributed by atoms with E-state index < -0.39 is 0 Å². The number of unbranched alkanes of at least 4 members (excludes halogenated alkanes) is 3. The van der Waals surface area contributed by atoms with Gasteiger partial charge in [0.1, 0.15) is 0 Å². The van der Waals surface area contributed by atoms with Gasteiger partial charge in [0.25, 0.3) is 11.8 Å². The number of nitrogens with one attached hydrogen (secondary N) is 4. The van der Waals surface area contributed by atoms with Crippen molar-refractivity contribution in [3.05, 3.63) is 71.8 Å². The first kappa shape index (κ1) is 23.4. The Morgan fingerprint density at radius 2 is 0.967 bits per heavy atom. The Labute approximate surface area is 187 Å². The van der Waals surface area contributed by atoms with Gasteiger partial charge < -0.3 is 10.6 Å². The Kier molecular flexibility index (Phi) is 10.5. The van der Waals surface area contributed by atoms with Gasteiger partial charge in [-0.3, -0.25) is 20.2 Å². The van der Waals surface area contributed by atoms with E-state index in [-0.39, 0.29) is 11.8 Å². The lowest BCUT2D eigenvalue weighted by Crippen LogP contribution is -2.39. The molecule has 0 spiro atoms. The first-order valence-corrected chi connectivity index (χ1v) is 10.7. The van der Waals surface area contributed by atoms with Gasteiger partial charge in [-0.1, -0.05) is 49.2 Å². The standard InChI is InChI=1S/C22H26N4O2S2/c27-19(17-11-5-3-6-12-17)25-21(29)23-15-9-1-2-10-16-24-22(30)26-20(28)18-13-7-4-8-14-18/h3-8,11-14H,1-2,9-10,15-16H2,(H2,23,25,27,29)(H2,24,26,28,30). The minimum absolute atomic E-state index is 0.213. The number of hydrogen-bond acceptors (Lipinski definition) is 4. The third-order valence-corrected chi connectivity index (χ3v) is 4.69. The summed E-state index contributed by atoms with van der Waals surface area (Å²) in [6.07, 6.45) is 3.92. The lowest BCUT2D eigenvalue weighted by molar-refractivity contribution is 0.0968. The Morgan fingerprint density at radius 3 is 1.33 bits per heavy atom. The predicted molar refractivity (Wildman–Crippen MR) is 127 cm³/mol. The molecule has 158 valence electrons. The Bertz CT molecular complexity index is 773. The average molecular weight is 443 g/mol. The van der Waals surface area contributed by atoms with Crippen molar-refractivity contribution >= 4 is 46.5 Å². The van der Waals surface area contributed by atoms with Crippen molar-refractivity contribution in [3.63, 3.8) is 0 Å². The van der Waals surface area contributed by atoms with Crippen molar-refractivity contribution in [1.82, 2.24) is 21.3 Å². The maximum absolute atomic E-state index is 12.0. The summed E-state index contributed by atoms with van der Waals surface area (Å²) in [5.74, 6) is -0.427. The maximum Gasteiger partial charge on any atom is 0.257 e. The van der Waals surface area contributed by atoms with Gasteiger partial charge in [-0.15, -0.1) is 0 Å². The van der Waals surface area contributed by atoms with E-state index in [1.165, 1.54) is 0 Å². The van der Waals surface area contributed by atoms with Gasteiger partial charge in [-0.25, -0.2) is 0 Å². The fraction of sp³-hybridized carbons (Fsp3) is 0.273. The summed E-state index contributed by atoms with van der Waals surface area (Å²) in [6, 6.07) is 17.9. The molecule has 0 atom stereocenters. The topological polar surface area (TPSA) is 82.3 Å². The number of carbonyl (C=O) groups is 2. The van der Waals surface area contributed by atoms with E-state index >= 15 is 0 Å². The minimum atomic E-state index is -0.213. The highest BCUT2D eigenvalue weighted by Gasteiger charge is 2.07. The van der Waals surface area contributed by atoms with E-state index in [1.54, 1.807) is 24.3 Å². The summed E-state index contributed by atoms with van der Waals surface area (Å²) >= 11 is 10.3. The summed E-state index contributed by atoms with van der Waals surface area (Å²) in [7, 11) is 0. The number of thiocarbonyl (C=S) groups is 2. The summed E-state index contributed by atoms with van der Waals surface area (Å²) in [5.41, 5.74) is 1.15. The summed E-state index contributed by atoms with van der Waals surface area (Å²) in [4.78, 5) is 24.0. The van der Waals surface area contributed by atoms with Crippen molar-refractivity contribution in [2.75, 3.05) is 13.1 Å². The molecule has 0 aromatic heterocycles. The predicted octanol–water partition coefficient (Wildman–Crippen LogP) is 3.16. The molecule has 0 aliphatic heterocycles. The van der Waals surface area contributed by atoms with Crippen molar-refractivity contribution < 1.29 is 9.59 Å². The summed E-state index contributed by atoms with van der Waals surface area (Å²) in [5, 5.41) is 12.1. The first-order valence-electron chi connectivity index (χ1n) is 9.84. The van der Waals surface area contributed by atoms with Crippen LogP contribution in [0.5, 0.6) is 0 Å². The van der Waals surface area contributed by atoms with Gasteiger partial charge in [-0.05, 0) is 61.5 Å². The van der Waals surface area contributed by atoms with Crippen LogP contribution in [0.25, 0.3) is 0 Å². The van der Waals surface area contributed by atoms with E-state index in [1.807, 2.05) is 36.4 Å². The van der Waals surface area contributed by atoms with Crippen LogP contribution < -0.4 is 21.3 Å². The van der Waals surface area contributed by atoms with Crippen LogP contribution in [-0.2, 0) is 0 Å². The van der Waals surface area contributed by atoms with Crippen LogP contribution in [0.2, 0.25) is 0 Å². The molecule has 2 aromatic rings. The molecular weight excluding hydrogens is 416 g/mol. The van der Waals surface area contributed by atoms with Gasteiger partial charge in [-0.2, -0.15) is 0 Å². The minimum Gasteiger partial charge on any atom is -0.362 e. The third-order valence-electron chi connectivity index (χ3n) is 4.20. The van der Waals surface area contributed by atoms with Crippen LogP contribution in [0.3, 0.4) is 0 Å². The highest BCUT2D eigenvalue weighted by Crippen LogP contribution is 2.00. The van der Waals surface area contributed by atoms with Crippen molar-refractivity contribution in [3.8, 4) is 0 Å². The highest BCUT2D eigenvalue weighted by atomic mass is 32.1. The molecule has 0 aliphatic carbocycles. The molecule has 8 heteroatoms. The second-order valence-corrected chi connectivity index (χ2v) is 7.38. The van der Waals surface area contributed by atoms with E-state index in [2.05, 4.69) is 21.3 Å². The first-order chi connectivity index (χ1) is 14.6. The number of benzene rings is 2. The highest BCUT2D eigenvalue weighted by molar-refractivity contribution is 7.80. The molecule has 2 rings (SSSR count).